The third kappa shape index (κ3) is 2.35. The monoisotopic (exact) mass is 277 g/mol. The minimum atomic E-state index is -0.750. The molecule has 1 nitrogen and oxygen atoms in total. The number of benzene rings is 3. The Balaban J connectivity index is 2.05. The summed E-state index contributed by atoms with van der Waals surface area (Å²) >= 11 is 0. The fourth-order valence-corrected chi connectivity index (χ4v) is 4.50. The highest BCUT2D eigenvalue weighted by atomic mass is 28.3. The lowest BCUT2D eigenvalue weighted by atomic mass is 10.1. The molecule has 0 bridgehead atoms. The van der Waals surface area contributed by atoms with Crippen LogP contribution in [0.2, 0.25) is 6.55 Å². The lowest BCUT2D eigenvalue weighted by Crippen LogP contribution is -2.39. The molecule has 99 valence electrons. The Labute approximate surface area is 121 Å². The molecule has 3 rings (SSSR count). The van der Waals surface area contributed by atoms with E-state index in [2.05, 4.69) is 73.3 Å². The Kier molecular flexibility index (Phi) is 3.57. The molecule has 0 N–H and O–H groups in total. The van der Waals surface area contributed by atoms with Crippen molar-refractivity contribution in [3.8, 4) is 5.75 Å². The van der Waals surface area contributed by atoms with Crippen molar-refractivity contribution in [3.63, 3.8) is 0 Å². The smallest absolute Gasteiger partial charge is 0.119 e. The Bertz CT molecular complexity index is 714. The van der Waals surface area contributed by atoms with Crippen LogP contribution >= 0.6 is 0 Å². The molecule has 2 heteroatoms. The Morgan fingerprint density at radius 3 is 2.25 bits per heavy atom. The van der Waals surface area contributed by atoms with Crippen LogP contribution in [0.15, 0.2) is 66.7 Å². The van der Waals surface area contributed by atoms with Crippen LogP contribution < -0.4 is 15.1 Å². The first-order valence-electron chi connectivity index (χ1n) is 6.76. The van der Waals surface area contributed by atoms with Crippen LogP contribution in [0.1, 0.15) is 0 Å². The second-order valence-electron chi connectivity index (χ2n) is 4.88. The molecule has 0 aliphatic heterocycles. The van der Waals surface area contributed by atoms with Crippen molar-refractivity contribution < 1.29 is 4.74 Å². The molecule has 3 aromatic carbocycles. The number of hydrogen-bond donors (Lipinski definition) is 0. The fraction of sp³-hybridized carbons (Fsp3) is 0.111. The summed E-state index contributed by atoms with van der Waals surface area (Å²) in [5.41, 5.74) is 0. The fourth-order valence-electron chi connectivity index (χ4n) is 2.55. The van der Waals surface area contributed by atoms with Crippen LogP contribution in [0.5, 0.6) is 5.75 Å². The van der Waals surface area contributed by atoms with E-state index in [1.807, 2.05) is 0 Å². The summed E-state index contributed by atoms with van der Waals surface area (Å²) in [6.07, 6.45) is 0. The topological polar surface area (TPSA) is 9.23 Å². The summed E-state index contributed by atoms with van der Waals surface area (Å²) in [5, 5.41) is 5.58. The predicted molar refractivity (Wildman–Crippen MR) is 87.8 cm³/mol. The highest BCUT2D eigenvalue weighted by Crippen LogP contribution is 2.12. The molecule has 0 unspecified atom stereocenters. The molecule has 0 atom stereocenters. The summed E-state index contributed by atoms with van der Waals surface area (Å²) in [5.74, 6) is 0.918. The van der Waals surface area contributed by atoms with E-state index in [1.54, 1.807) is 7.11 Å². The molecule has 0 fully saturated rings. The lowest BCUT2D eigenvalue weighted by molar-refractivity contribution is 0.415. The molecule has 0 aliphatic rings. The van der Waals surface area contributed by atoms with Gasteiger partial charge in [-0.05, 0) is 28.1 Å². The van der Waals surface area contributed by atoms with Crippen LogP contribution in [-0.2, 0) is 0 Å². The van der Waals surface area contributed by atoms with E-state index in [0.29, 0.717) is 0 Å². The maximum Gasteiger partial charge on any atom is 0.119 e. The summed E-state index contributed by atoms with van der Waals surface area (Å²) in [4.78, 5) is 0. The molecule has 0 aromatic heterocycles. The highest BCUT2D eigenvalue weighted by molar-refractivity contribution is 6.85. The standard InChI is InChI=1S/C18H17OSi/c1-19-15-10-12-16(13-11-15)20(2)18-9-5-7-14-6-3-4-8-17(14)18/h3-13H,1-2H3. The van der Waals surface area contributed by atoms with Crippen molar-refractivity contribution in [1.29, 1.82) is 0 Å². The van der Waals surface area contributed by atoms with Crippen LogP contribution in [-0.4, -0.2) is 15.9 Å². The first-order chi connectivity index (χ1) is 9.79. The molecule has 1 radical (unpaired) electrons. The van der Waals surface area contributed by atoms with E-state index < -0.39 is 8.80 Å². The van der Waals surface area contributed by atoms with Gasteiger partial charge in [0.2, 0.25) is 0 Å². The lowest BCUT2D eigenvalue weighted by Gasteiger charge is -2.14. The number of methoxy groups -OCH3 is 1. The molecule has 0 spiro atoms. The maximum atomic E-state index is 5.24. The van der Waals surface area contributed by atoms with Gasteiger partial charge in [0.15, 0.2) is 0 Å². The molecule has 0 heterocycles. The number of ether oxygens (including phenoxy) is 1. The van der Waals surface area contributed by atoms with Gasteiger partial charge < -0.3 is 4.74 Å². The van der Waals surface area contributed by atoms with Crippen molar-refractivity contribution in [2.75, 3.05) is 7.11 Å². The molecule has 20 heavy (non-hydrogen) atoms. The quantitative estimate of drug-likeness (QED) is 0.669. The summed E-state index contributed by atoms with van der Waals surface area (Å²) in [6.45, 7) is 2.36. The molecule has 3 aromatic rings. The van der Waals surface area contributed by atoms with Gasteiger partial charge in [0, 0.05) is 0 Å². The first kappa shape index (κ1) is 12.9. The zero-order valence-electron chi connectivity index (χ0n) is 11.8. The van der Waals surface area contributed by atoms with E-state index in [-0.39, 0.29) is 0 Å². The molecule has 0 saturated carbocycles. The molecule has 0 saturated heterocycles. The van der Waals surface area contributed by atoms with E-state index in [9.17, 15) is 0 Å². The minimum absolute atomic E-state index is 0.750. The summed E-state index contributed by atoms with van der Waals surface area (Å²) < 4.78 is 5.24. The highest BCUT2D eigenvalue weighted by Gasteiger charge is 2.13. The molecule has 0 amide bonds. The van der Waals surface area contributed by atoms with Crippen LogP contribution in [0, 0.1) is 0 Å². The average molecular weight is 277 g/mol. The van der Waals surface area contributed by atoms with E-state index >= 15 is 0 Å². The van der Waals surface area contributed by atoms with Gasteiger partial charge in [0.1, 0.15) is 14.5 Å². The van der Waals surface area contributed by atoms with E-state index in [4.69, 9.17) is 4.74 Å². The van der Waals surface area contributed by atoms with Gasteiger partial charge in [0.25, 0.3) is 0 Å². The second kappa shape index (κ2) is 5.51. The average Bonchev–Trinajstić information content (AvgIpc) is 2.54. The first-order valence-corrected chi connectivity index (χ1v) is 8.76. The number of hydrogen-bond acceptors (Lipinski definition) is 1. The molecular weight excluding hydrogens is 260 g/mol. The van der Waals surface area contributed by atoms with Crippen molar-refractivity contribution in [2.24, 2.45) is 0 Å². The van der Waals surface area contributed by atoms with E-state index in [1.165, 1.54) is 21.1 Å². The second-order valence-corrected chi connectivity index (χ2v) is 7.25. The minimum Gasteiger partial charge on any atom is -0.497 e. The Morgan fingerprint density at radius 2 is 1.50 bits per heavy atom. The van der Waals surface area contributed by atoms with Gasteiger partial charge in [-0.3, -0.25) is 0 Å². The van der Waals surface area contributed by atoms with Gasteiger partial charge >= 0.3 is 0 Å². The summed E-state index contributed by atoms with van der Waals surface area (Å²) in [6, 6.07) is 23.7. The third-order valence-electron chi connectivity index (χ3n) is 3.72. The van der Waals surface area contributed by atoms with Crippen molar-refractivity contribution >= 4 is 29.9 Å². The van der Waals surface area contributed by atoms with Crippen LogP contribution in [0.4, 0.5) is 0 Å². The number of fused-ring (bicyclic) bond motifs is 1. The van der Waals surface area contributed by atoms with Crippen LogP contribution in [0.25, 0.3) is 10.8 Å². The third-order valence-corrected chi connectivity index (χ3v) is 6.16. The molecule has 0 aliphatic carbocycles. The molecular formula is C18H17OSi. The van der Waals surface area contributed by atoms with Gasteiger partial charge in [-0.25, -0.2) is 0 Å². The predicted octanol–water partition coefficient (Wildman–Crippen LogP) is 3.09. The van der Waals surface area contributed by atoms with Crippen LogP contribution in [0.3, 0.4) is 0 Å². The maximum absolute atomic E-state index is 5.24. The SMILES string of the molecule is COc1ccc([Si](C)c2cccc3ccccc23)cc1. The zero-order chi connectivity index (χ0) is 13.9. The van der Waals surface area contributed by atoms with Gasteiger partial charge in [-0.1, -0.05) is 66.3 Å². The van der Waals surface area contributed by atoms with Crippen molar-refractivity contribution in [3.05, 3.63) is 66.7 Å². The Morgan fingerprint density at radius 1 is 0.800 bits per heavy atom. The van der Waals surface area contributed by atoms with Gasteiger partial charge in [0.05, 0.1) is 7.11 Å². The van der Waals surface area contributed by atoms with Crippen molar-refractivity contribution in [1.82, 2.24) is 0 Å². The normalized spacial score (nSPS) is 10.9. The summed E-state index contributed by atoms with van der Waals surface area (Å²) in [7, 11) is 0.956. The zero-order valence-corrected chi connectivity index (χ0v) is 12.8. The largest absolute Gasteiger partial charge is 0.497 e. The number of rotatable bonds is 3. The van der Waals surface area contributed by atoms with Crippen molar-refractivity contribution in [2.45, 2.75) is 6.55 Å². The van der Waals surface area contributed by atoms with Gasteiger partial charge in [-0.2, -0.15) is 0 Å². The Hall–Kier alpha value is -2.06. The van der Waals surface area contributed by atoms with Gasteiger partial charge in [-0.15, -0.1) is 0 Å². The van der Waals surface area contributed by atoms with E-state index in [0.717, 1.165) is 5.75 Å².